The Kier molecular flexibility index (Phi) is 5.46. The molecule has 0 aliphatic carbocycles. The number of nitrogens with one attached hydrogen (secondary N) is 1. The van der Waals surface area contributed by atoms with E-state index in [0.29, 0.717) is 18.5 Å². The van der Waals surface area contributed by atoms with Gasteiger partial charge in [-0.15, -0.1) is 11.3 Å². The Balaban J connectivity index is 1.15. The molecular weight excluding hydrogens is 462 g/mol. The summed E-state index contributed by atoms with van der Waals surface area (Å²) in [6.07, 6.45) is 5.49. The number of aryl methyl sites for hydroxylation is 1. The third-order valence-electron chi connectivity index (χ3n) is 7.15. The normalized spacial score (nSPS) is 20.8. The molecule has 0 radical (unpaired) electrons. The van der Waals surface area contributed by atoms with Crippen LogP contribution < -0.4 is 5.32 Å². The van der Waals surface area contributed by atoms with E-state index in [9.17, 15) is 14.4 Å². The Bertz CT molecular complexity index is 1410. The molecule has 9 heteroatoms. The quantitative estimate of drug-likeness (QED) is 0.569. The van der Waals surface area contributed by atoms with Crippen LogP contribution in [0.1, 0.15) is 52.0 Å². The smallest absolute Gasteiger partial charge is 0.255 e. The number of imide groups is 1. The summed E-state index contributed by atoms with van der Waals surface area (Å²) in [5.41, 5.74) is 6.30. The molecule has 1 saturated heterocycles. The number of hydrogen-bond acceptors (Lipinski definition) is 7. The number of rotatable bonds is 4. The maximum Gasteiger partial charge on any atom is 0.255 e. The zero-order valence-corrected chi connectivity index (χ0v) is 20.2. The lowest BCUT2D eigenvalue weighted by Crippen LogP contribution is -2.52. The lowest BCUT2D eigenvalue weighted by molar-refractivity contribution is -0.136. The van der Waals surface area contributed by atoms with E-state index in [4.69, 9.17) is 0 Å². The SMILES string of the molecule is Cc1csc2ncnc(C3=CCN(Cc4ccc5c(c4)CN(C4CCC(=O)NC4=O)C5=O)CC3)c12. The zero-order chi connectivity index (χ0) is 24.1. The average molecular weight is 488 g/mol. The van der Waals surface area contributed by atoms with Crippen LogP contribution in [-0.4, -0.2) is 56.6 Å². The number of carbonyl (C=O) groups excluding carboxylic acids is 3. The van der Waals surface area contributed by atoms with Crippen LogP contribution >= 0.6 is 11.3 Å². The maximum absolute atomic E-state index is 12.9. The van der Waals surface area contributed by atoms with Crippen molar-refractivity contribution < 1.29 is 14.4 Å². The van der Waals surface area contributed by atoms with Crippen LogP contribution in [0.15, 0.2) is 36.0 Å². The molecule has 3 aliphatic heterocycles. The molecule has 6 rings (SSSR count). The minimum absolute atomic E-state index is 0.133. The summed E-state index contributed by atoms with van der Waals surface area (Å²) >= 11 is 1.66. The van der Waals surface area contributed by atoms with Gasteiger partial charge in [0.15, 0.2) is 0 Å². The maximum atomic E-state index is 12.9. The summed E-state index contributed by atoms with van der Waals surface area (Å²) < 4.78 is 0. The lowest BCUT2D eigenvalue weighted by Gasteiger charge is -2.29. The van der Waals surface area contributed by atoms with Gasteiger partial charge in [0.05, 0.1) is 5.69 Å². The first kappa shape index (κ1) is 22.1. The van der Waals surface area contributed by atoms with Crippen molar-refractivity contribution in [3.05, 3.63) is 63.9 Å². The van der Waals surface area contributed by atoms with Crippen molar-refractivity contribution >= 4 is 44.8 Å². The summed E-state index contributed by atoms with van der Waals surface area (Å²) in [6.45, 7) is 5.07. The molecule has 1 aromatic carbocycles. The summed E-state index contributed by atoms with van der Waals surface area (Å²) in [7, 11) is 0. The van der Waals surface area contributed by atoms with E-state index in [1.54, 1.807) is 22.6 Å². The van der Waals surface area contributed by atoms with Crippen LogP contribution in [0.3, 0.4) is 0 Å². The highest BCUT2D eigenvalue weighted by atomic mass is 32.1. The van der Waals surface area contributed by atoms with Gasteiger partial charge in [-0.1, -0.05) is 18.2 Å². The van der Waals surface area contributed by atoms with E-state index >= 15 is 0 Å². The molecule has 0 saturated carbocycles. The van der Waals surface area contributed by atoms with Crippen LogP contribution in [0.5, 0.6) is 0 Å². The van der Waals surface area contributed by atoms with Crippen LogP contribution in [-0.2, 0) is 22.7 Å². The zero-order valence-electron chi connectivity index (χ0n) is 19.4. The number of hydrogen-bond donors (Lipinski definition) is 1. The fourth-order valence-electron chi connectivity index (χ4n) is 5.32. The van der Waals surface area contributed by atoms with Gasteiger partial charge in [0.2, 0.25) is 11.8 Å². The highest BCUT2D eigenvalue weighted by molar-refractivity contribution is 7.17. The van der Waals surface area contributed by atoms with Gasteiger partial charge in [-0.25, -0.2) is 9.97 Å². The van der Waals surface area contributed by atoms with Crippen molar-refractivity contribution in [2.75, 3.05) is 13.1 Å². The fraction of sp³-hybridized carbons (Fsp3) is 0.346. The van der Waals surface area contributed by atoms with Gasteiger partial charge in [0, 0.05) is 43.5 Å². The van der Waals surface area contributed by atoms with E-state index in [1.807, 2.05) is 12.1 Å². The fourth-order valence-corrected chi connectivity index (χ4v) is 6.20. The highest BCUT2D eigenvalue weighted by Crippen LogP contribution is 2.33. The van der Waals surface area contributed by atoms with Crippen LogP contribution in [0.25, 0.3) is 15.8 Å². The Morgan fingerprint density at radius 3 is 2.86 bits per heavy atom. The molecule has 1 unspecified atom stereocenters. The van der Waals surface area contributed by atoms with Gasteiger partial charge < -0.3 is 4.90 Å². The molecule has 1 atom stereocenters. The Morgan fingerprint density at radius 2 is 2.06 bits per heavy atom. The molecule has 3 aliphatic rings. The molecule has 178 valence electrons. The largest absolute Gasteiger partial charge is 0.322 e. The topological polar surface area (TPSA) is 95.5 Å². The van der Waals surface area contributed by atoms with Crippen LogP contribution in [0, 0.1) is 6.92 Å². The number of amides is 3. The minimum atomic E-state index is -0.582. The van der Waals surface area contributed by atoms with E-state index < -0.39 is 6.04 Å². The van der Waals surface area contributed by atoms with Gasteiger partial charge in [-0.2, -0.15) is 0 Å². The lowest BCUT2D eigenvalue weighted by atomic mass is 10.00. The minimum Gasteiger partial charge on any atom is -0.322 e. The number of carbonyl (C=O) groups is 3. The predicted molar refractivity (Wildman–Crippen MR) is 133 cm³/mol. The molecule has 2 aromatic heterocycles. The van der Waals surface area contributed by atoms with Crippen LogP contribution in [0.4, 0.5) is 0 Å². The molecule has 3 aromatic rings. The summed E-state index contributed by atoms with van der Waals surface area (Å²) in [6, 6.07) is 5.39. The predicted octanol–water partition coefficient (Wildman–Crippen LogP) is 3.05. The Labute approximate surface area is 206 Å². The first-order valence-corrected chi connectivity index (χ1v) is 12.7. The van der Waals surface area contributed by atoms with Crippen molar-refractivity contribution in [2.24, 2.45) is 0 Å². The monoisotopic (exact) mass is 487 g/mol. The first-order chi connectivity index (χ1) is 17.0. The standard InChI is InChI=1S/C26H25N5O3S/c1-15-13-35-25-22(15)23(27-14-28-25)17-6-8-30(9-7-17)11-16-2-3-19-18(10-16)12-31(26(19)34)20-4-5-21(32)29-24(20)33/h2-3,6,10,13-14,20H,4-5,7-9,11-12H2,1H3,(H,29,32,33). The molecule has 1 N–H and O–H groups in total. The van der Waals surface area contributed by atoms with Crippen molar-refractivity contribution in [1.82, 2.24) is 25.1 Å². The van der Waals surface area contributed by atoms with Crippen molar-refractivity contribution in [3.8, 4) is 0 Å². The molecule has 3 amide bonds. The van der Waals surface area contributed by atoms with E-state index in [0.717, 1.165) is 47.7 Å². The third kappa shape index (κ3) is 3.94. The van der Waals surface area contributed by atoms with E-state index in [1.165, 1.54) is 16.5 Å². The van der Waals surface area contributed by atoms with Gasteiger partial charge >= 0.3 is 0 Å². The van der Waals surface area contributed by atoms with Gasteiger partial charge in [-0.3, -0.25) is 24.6 Å². The van der Waals surface area contributed by atoms with E-state index in [-0.39, 0.29) is 24.1 Å². The number of fused-ring (bicyclic) bond motifs is 2. The molecular formula is C26H25N5O3S. The summed E-state index contributed by atoms with van der Waals surface area (Å²) in [5, 5.41) is 5.66. The van der Waals surface area contributed by atoms with Crippen molar-refractivity contribution in [3.63, 3.8) is 0 Å². The molecule has 8 nitrogen and oxygen atoms in total. The highest BCUT2D eigenvalue weighted by Gasteiger charge is 2.39. The van der Waals surface area contributed by atoms with Crippen molar-refractivity contribution in [1.29, 1.82) is 0 Å². The Morgan fingerprint density at radius 1 is 1.17 bits per heavy atom. The second-order valence-corrected chi connectivity index (χ2v) is 10.3. The van der Waals surface area contributed by atoms with Gasteiger partial charge in [0.25, 0.3) is 5.91 Å². The number of aromatic nitrogens is 2. The van der Waals surface area contributed by atoms with Gasteiger partial charge in [-0.05, 0) is 53.5 Å². The number of piperidine rings is 1. The molecule has 0 bridgehead atoms. The number of thiophene rings is 1. The number of benzene rings is 1. The summed E-state index contributed by atoms with van der Waals surface area (Å²) in [5.74, 6) is -0.783. The average Bonchev–Trinajstić information content (AvgIpc) is 3.39. The van der Waals surface area contributed by atoms with Gasteiger partial charge in [0.1, 0.15) is 17.2 Å². The van der Waals surface area contributed by atoms with E-state index in [2.05, 4.69) is 44.6 Å². The Hall–Kier alpha value is -3.43. The second-order valence-electron chi connectivity index (χ2n) is 9.43. The van der Waals surface area contributed by atoms with Crippen molar-refractivity contribution in [2.45, 2.75) is 45.3 Å². The van der Waals surface area contributed by atoms with Crippen LogP contribution in [0.2, 0.25) is 0 Å². The molecule has 0 spiro atoms. The molecule has 5 heterocycles. The second kappa shape index (κ2) is 8.66. The first-order valence-electron chi connectivity index (χ1n) is 11.8. The number of nitrogens with zero attached hydrogens (tertiary/aromatic N) is 4. The third-order valence-corrected chi connectivity index (χ3v) is 8.15. The molecule has 35 heavy (non-hydrogen) atoms. The molecule has 1 fully saturated rings. The summed E-state index contributed by atoms with van der Waals surface area (Å²) in [4.78, 5) is 50.7.